The fourth-order valence-electron chi connectivity index (χ4n) is 3.11. The number of phenolic OH excluding ortho intramolecular Hbond substituents is 1. The summed E-state index contributed by atoms with van der Waals surface area (Å²) in [6.45, 7) is 3.03. The van der Waals surface area contributed by atoms with E-state index in [0.717, 1.165) is 24.1 Å². The number of carbonyl (C=O) groups excluding carboxylic acids is 1. The lowest BCUT2D eigenvalue weighted by molar-refractivity contribution is -0.131. The maximum Gasteiger partial charge on any atom is 0.308 e. The average Bonchev–Trinajstić information content (AvgIpc) is 2.62. The Morgan fingerprint density at radius 1 is 1.27 bits per heavy atom. The smallest absolute Gasteiger partial charge is 0.308 e. The molecule has 5 nitrogen and oxygen atoms in total. The second-order valence-corrected chi connectivity index (χ2v) is 6.52. The standard InChI is InChI=1S/C21H24NO4/c1-15(23)26-20-7-5-16(6-8-20)17-12-19(24)14-21(13-17)25-11-9-18-4-2-3-10-22-18/h5-8,12,14,18,22,24H,2-4,9-11H2,1H3. The van der Waals surface area contributed by atoms with Crippen LogP contribution in [0, 0.1) is 6.07 Å². The second kappa shape index (κ2) is 8.72. The predicted octanol–water partition coefficient (Wildman–Crippen LogP) is 3.70. The van der Waals surface area contributed by atoms with Gasteiger partial charge in [-0.15, -0.1) is 0 Å². The Bertz CT molecular complexity index is 736. The number of piperidine rings is 1. The molecule has 0 bridgehead atoms. The fourth-order valence-corrected chi connectivity index (χ4v) is 3.11. The number of rotatable bonds is 6. The SMILES string of the molecule is CC(=O)Oc1ccc(-c2[c]c(OCCC3CCCCN3)cc(O)c2)cc1. The molecule has 2 aromatic rings. The number of nitrogens with one attached hydrogen (secondary N) is 1. The van der Waals surface area contributed by atoms with E-state index in [1.54, 1.807) is 24.3 Å². The molecule has 5 heteroatoms. The van der Waals surface area contributed by atoms with Crippen LogP contribution in [0.15, 0.2) is 36.4 Å². The number of phenols is 1. The molecule has 0 aromatic heterocycles. The van der Waals surface area contributed by atoms with Gasteiger partial charge in [-0.1, -0.05) is 18.6 Å². The summed E-state index contributed by atoms with van der Waals surface area (Å²) in [5.74, 6) is 0.788. The van der Waals surface area contributed by atoms with Crippen molar-refractivity contribution in [2.45, 2.75) is 38.6 Å². The lowest BCUT2D eigenvalue weighted by Gasteiger charge is -2.23. The zero-order valence-corrected chi connectivity index (χ0v) is 15.0. The zero-order valence-electron chi connectivity index (χ0n) is 15.0. The lowest BCUT2D eigenvalue weighted by Crippen LogP contribution is -2.35. The van der Waals surface area contributed by atoms with Crippen LogP contribution >= 0.6 is 0 Å². The van der Waals surface area contributed by atoms with Gasteiger partial charge in [0.05, 0.1) is 6.61 Å². The first-order chi connectivity index (χ1) is 12.6. The minimum absolute atomic E-state index is 0.133. The van der Waals surface area contributed by atoms with E-state index >= 15 is 0 Å². The van der Waals surface area contributed by atoms with Crippen LogP contribution in [-0.4, -0.2) is 30.3 Å². The number of hydrogen-bond donors (Lipinski definition) is 2. The first kappa shape index (κ1) is 18.3. The molecule has 3 rings (SSSR count). The Labute approximate surface area is 153 Å². The van der Waals surface area contributed by atoms with Gasteiger partial charge in [0.1, 0.15) is 17.2 Å². The molecule has 26 heavy (non-hydrogen) atoms. The summed E-state index contributed by atoms with van der Waals surface area (Å²) >= 11 is 0. The molecule has 1 saturated heterocycles. The third kappa shape index (κ3) is 5.23. The normalized spacial score (nSPS) is 16.9. The predicted molar refractivity (Wildman–Crippen MR) is 99.4 cm³/mol. The Balaban J connectivity index is 1.64. The summed E-state index contributed by atoms with van der Waals surface area (Å²) in [7, 11) is 0. The van der Waals surface area contributed by atoms with Crippen LogP contribution in [0.1, 0.15) is 32.6 Å². The van der Waals surface area contributed by atoms with Gasteiger partial charge in [0, 0.05) is 25.1 Å². The molecule has 0 aliphatic carbocycles. The highest BCUT2D eigenvalue weighted by Gasteiger charge is 2.12. The van der Waals surface area contributed by atoms with E-state index in [-0.39, 0.29) is 11.7 Å². The van der Waals surface area contributed by atoms with E-state index < -0.39 is 0 Å². The molecule has 0 saturated carbocycles. The summed E-state index contributed by atoms with van der Waals surface area (Å²) < 4.78 is 10.8. The van der Waals surface area contributed by atoms with Gasteiger partial charge < -0.3 is 19.9 Å². The third-order valence-electron chi connectivity index (χ3n) is 4.39. The largest absolute Gasteiger partial charge is 0.508 e. The van der Waals surface area contributed by atoms with Gasteiger partial charge in [-0.2, -0.15) is 0 Å². The van der Waals surface area contributed by atoms with Crippen LogP contribution in [0.4, 0.5) is 0 Å². The van der Waals surface area contributed by atoms with Crippen molar-refractivity contribution in [3.05, 3.63) is 42.5 Å². The molecular weight excluding hydrogens is 330 g/mol. The average molecular weight is 354 g/mol. The van der Waals surface area contributed by atoms with Crippen molar-refractivity contribution >= 4 is 5.97 Å². The Morgan fingerprint density at radius 3 is 2.77 bits per heavy atom. The number of aromatic hydroxyl groups is 1. The van der Waals surface area contributed by atoms with Crippen LogP contribution in [0.3, 0.4) is 0 Å². The molecule has 137 valence electrons. The topological polar surface area (TPSA) is 67.8 Å². The second-order valence-electron chi connectivity index (χ2n) is 6.52. The van der Waals surface area contributed by atoms with E-state index in [2.05, 4.69) is 11.4 Å². The molecular formula is C21H24NO4. The molecule has 2 N–H and O–H groups in total. The summed E-state index contributed by atoms with van der Waals surface area (Å²) in [6, 6.07) is 14.0. The molecule has 0 spiro atoms. The van der Waals surface area contributed by atoms with Gasteiger partial charge in [-0.25, -0.2) is 0 Å². The van der Waals surface area contributed by atoms with Gasteiger partial charge in [0.25, 0.3) is 0 Å². The highest BCUT2D eigenvalue weighted by atomic mass is 16.5. The zero-order chi connectivity index (χ0) is 18.4. The van der Waals surface area contributed by atoms with E-state index in [4.69, 9.17) is 9.47 Å². The van der Waals surface area contributed by atoms with E-state index in [1.165, 1.54) is 26.2 Å². The Kier molecular flexibility index (Phi) is 6.12. The van der Waals surface area contributed by atoms with E-state index in [1.807, 2.05) is 12.1 Å². The van der Waals surface area contributed by atoms with Gasteiger partial charge in [-0.3, -0.25) is 4.79 Å². The lowest BCUT2D eigenvalue weighted by atomic mass is 10.0. The van der Waals surface area contributed by atoms with Crippen molar-refractivity contribution in [1.82, 2.24) is 5.32 Å². The summed E-state index contributed by atoms with van der Waals surface area (Å²) in [5.41, 5.74) is 1.58. The number of carbonyl (C=O) groups is 1. The highest BCUT2D eigenvalue weighted by Crippen LogP contribution is 2.30. The monoisotopic (exact) mass is 354 g/mol. The quantitative estimate of drug-likeness (QED) is 0.612. The molecule has 1 heterocycles. The summed E-state index contributed by atoms with van der Waals surface area (Å²) in [6.07, 6.45) is 4.64. The van der Waals surface area contributed by atoms with Crippen LogP contribution in [-0.2, 0) is 4.79 Å². The maximum atomic E-state index is 11.0. The van der Waals surface area contributed by atoms with Crippen LogP contribution in [0.25, 0.3) is 11.1 Å². The number of esters is 1. The number of ether oxygens (including phenoxy) is 2. The highest BCUT2D eigenvalue weighted by molar-refractivity contribution is 5.71. The van der Waals surface area contributed by atoms with Gasteiger partial charge in [0.2, 0.25) is 0 Å². The van der Waals surface area contributed by atoms with Crippen LogP contribution in [0.2, 0.25) is 0 Å². The Hall–Kier alpha value is -2.53. The van der Waals surface area contributed by atoms with Crippen molar-refractivity contribution in [3.8, 4) is 28.4 Å². The first-order valence-corrected chi connectivity index (χ1v) is 9.01. The first-order valence-electron chi connectivity index (χ1n) is 9.01. The van der Waals surface area contributed by atoms with Gasteiger partial charge >= 0.3 is 5.97 Å². The van der Waals surface area contributed by atoms with Crippen molar-refractivity contribution < 1.29 is 19.4 Å². The fraction of sp³-hybridized carbons (Fsp3) is 0.381. The summed E-state index contributed by atoms with van der Waals surface area (Å²) in [5, 5.41) is 13.5. The molecule has 1 atom stereocenters. The van der Waals surface area contributed by atoms with E-state index in [0.29, 0.717) is 24.1 Å². The molecule has 2 aromatic carbocycles. The van der Waals surface area contributed by atoms with Crippen molar-refractivity contribution in [2.24, 2.45) is 0 Å². The maximum absolute atomic E-state index is 11.0. The van der Waals surface area contributed by atoms with Crippen LogP contribution in [0.5, 0.6) is 17.2 Å². The summed E-state index contributed by atoms with van der Waals surface area (Å²) in [4.78, 5) is 11.0. The number of hydrogen-bond acceptors (Lipinski definition) is 5. The molecule has 1 radical (unpaired) electrons. The molecule has 1 fully saturated rings. The van der Waals surface area contributed by atoms with Crippen molar-refractivity contribution in [1.29, 1.82) is 0 Å². The minimum atomic E-state index is -0.357. The van der Waals surface area contributed by atoms with Gasteiger partial charge in [0.15, 0.2) is 0 Å². The third-order valence-corrected chi connectivity index (χ3v) is 4.39. The van der Waals surface area contributed by atoms with E-state index in [9.17, 15) is 9.90 Å². The number of benzene rings is 2. The Morgan fingerprint density at radius 2 is 2.08 bits per heavy atom. The molecule has 1 unspecified atom stereocenters. The molecule has 0 amide bonds. The van der Waals surface area contributed by atoms with Crippen molar-refractivity contribution in [2.75, 3.05) is 13.2 Å². The van der Waals surface area contributed by atoms with Crippen LogP contribution < -0.4 is 14.8 Å². The molecule has 1 aliphatic rings. The van der Waals surface area contributed by atoms with Gasteiger partial charge in [-0.05, 0) is 55.1 Å². The minimum Gasteiger partial charge on any atom is -0.508 e. The molecule has 1 aliphatic heterocycles. The van der Waals surface area contributed by atoms with Crippen molar-refractivity contribution in [3.63, 3.8) is 0 Å².